The van der Waals surface area contributed by atoms with E-state index in [-0.39, 0.29) is 17.8 Å². The normalized spacial score (nSPS) is 14.6. The van der Waals surface area contributed by atoms with Crippen molar-refractivity contribution in [1.82, 2.24) is 24.4 Å². The van der Waals surface area contributed by atoms with E-state index in [2.05, 4.69) is 4.98 Å². The van der Waals surface area contributed by atoms with E-state index in [1.165, 1.54) is 0 Å². The Morgan fingerprint density at radius 2 is 1.80 bits per heavy atom. The zero-order valence-electron chi connectivity index (χ0n) is 24.0. The van der Waals surface area contributed by atoms with Crippen LogP contribution in [0.3, 0.4) is 0 Å². The number of hydrogen-bond acceptors (Lipinski definition) is 6. The van der Waals surface area contributed by atoms with Crippen LogP contribution < -0.4 is 4.74 Å². The minimum atomic E-state index is -2.90. The van der Waals surface area contributed by atoms with Crippen LogP contribution in [0.1, 0.15) is 62.4 Å². The number of fused-ring (bicyclic) bond motifs is 1. The van der Waals surface area contributed by atoms with Crippen molar-refractivity contribution in [2.45, 2.75) is 72.1 Å². The standard InChI is InChI=1S/C31H35F2N5O3/c1-19-24(17-34-28(35-19)21-12-14-37(15-13-21)30(39)41-31(3,4)5)22-10-11-25-26(16-22)38(20(2)36-25)18-23-8-6-7-9-27(23)40-29(32)33/h6-11,16-17,21,29H,12-15,18H2,1-5H3. The van der Waals surface area contributed by atoms with Gasteiger partial charge in [0.05, 0.1) is 17.6 Å². The number of carbonyl (C=O) groups is 1. The maximum atomic E-state index is 13.0. The van der Waals surface area contributed by atoms with Gasteiger partial charge in [0.1, 0.15) is 23.0 Å². The zero-order chi connectivity index (χ0) is 29.3. The van der Waals surface area contributed by atoms with Gasteiger partial charge in [0.25, 0.3) is 0 Å². The number of hydrogen-bond donors (Lipinski definition) is 0. The summed E-state index contributed by atoms with van der Waals surface area (Å²) in [5, 5.41) is 0. The fourth-order valence-corrected chi connectivity index (χ4v) is 5.24. The number of amides is 1. The Hall–Kier alpha value is -4.08. The van der Waals surface area contributed by atoms with E-state index >= 15 is 0 Å². The molecule has 5 rings (SSSR count). The predicted molar refractivity (Wildman–Crippen MR) is 152 cm³/mol. The van der Waals surface area contributed by atoms with E-state index in [1.54, 1.807) is 29.2 Å². The molecule has 41 heavy (non-hydrogen) atoms. The first-order valence-corrected chi connectivity index (χ1v) is 13.8. The van der Waals surface area contributed by atoms with Crippen LogP contribution in [-0.4, -0.2) is 55.8 Å². The molecule has 3 heterocycles. The third-order valence-corrected chi connectivity index (χ3v) is 7.28. The number of likely N-dealkylation sites (tertiary alicyclic amines) is 1. The molecule has 0 saturated carbocycles. The number of para-hydroxylation sites is 1. The molecule has 2 aromatic carbocycles. The van der Waals surface area contributed by atoms with Gasteiger partial charge >= 0.3 is 12.7 Å². The van der Waals surface area contributed by atoms with E-state index in [9.17, 15) is 13.6 Å². The van der Waals surface area contributed by atoms with Crippen molar-refractivity contribution < 1.29 is 23.0 Å². The summed E-state index contributed by atoms with van der Waals surface area (Å²) >= 11 is 0. The summed E-state index contributed by atoms with van der Waals surface area (Å²) in [6.07, 6.45) is 3.13. The molecule has 0 aliphatic carbocycles. The van der Waals surface area contributed by atoms with Crippen molar-refractivity contribution in [1.29, 1.82) is 0 Å². The minimum Gasteiger partial charge on any atom is -0.444 e. The van der Waals surface area contributed by atoms with Crippen molar-refractivity contribution in [3.63, 3.8) is 0 Å². The summed E-state index contributed by atoms with van der Waals surface area (Å²) in [6, 6.07) is 12.8. The van der Waals surface area contributed by atoms with Crippen LogP contribution in [0, 0.1) is 13.8 Å². The molecule has 0 atom stereocenters. The van der Waals surface area contributed by atoms with Gasteiger partial charge in [-0.25, -0.2) is 19.7 Å². The molecule has 216 valence electrons. The number of carbonyl (C=O) groups excluding carboxylic acids is 1. The van der Waals surface area contributed by atoms with E-state index in [4.69, 9.17) is 19.4 Å². The number of halogens is 2. The molecule has 8 nitrogen and oxygen atoms in total. The maximum Gasteiger partial charge on any atom is 0.410 e. The number of aromatic nitrogens is 4. The Labute approximate surface area is 238 Å². The Morgan fingerprint density at radius 3 is 2.49 bits per heavy atom. The fraction of sp³-hybridized carbons (Fsp3) is 0.419. The summed E-state index contributed by atoms with van der Waals surface area (Å²) in [7, 11) is 0. The summed E-state index contributed by atoms with van der Waals surface area (Å²) < 4.78 is 38.2. The first-order valence-electron chi connectivity index (χ1n) is 13.8. The second-order valence-electron chi connectivity index (χ2n) is 11.4. The van der Waals surface area contributed by atoms with Crippen LogP contribution in [0.15, 0.2) is 48.7 Å². The van der Waals surface area contributed by atoms with Gasteiger partial charge in [0, 0.05) is 42.0 Å². The zero-order valence-corrected chi connectivity index (χ0v) is 24.0. The lowest BCUT2D eigenvalue weighted by Gasteiger charge is -2.33. The Bertz CT molecular complexity index is 1560. The molecular formula is C31H35F2N5O3. The monoisotopic (exact) mass is 563 g/mol. The highest BCUT2D eigenvalue weighted by atomic mass is 19.3. The van der Waals surface area contributed by atoms with Gasteiger partial charge in [-0.3, -0.25) is 0 Å². The molecule has 0 unspecified atom stereocenters. The van der Waals surface area contributed by atoms with Gasteiger partial charge in [-0.1, -0.05) is 24.3 Å². The fourth-order valence-electron chi connectivity index (χ4n) is 5.24. The molecule has 0 N–H and O–H groups in total. The first-order chi connectivity index (χ1) is 19.5. The lowest BCUT2D eigenvalue weighted by Crippen LogP contribution is -2.41. The number of rotatable bonds is 6. The highest BCUT2D eigenvalue weighted by Gasteiger charge is 2.29. The number of alkyl halides is 2. The number of piperidine rings is 1. The first kappa shape index (κ1) is 28.4. The molecule has 1 amide bonds. The van der Waals surface area contributed by atoms with Gasteiger partial charge in [-0.2, -0.15) is 8.78 Å². The molecule has 1 fully saturated rings. The van der Waals surface area contributed by atoms with Crippen LogP contribution >= 0.6 is 0 Å². The van der Waals surface area contributed by atoms with Crippen molar-refractivity contribution in [3.8, 4) is 16.9 Å². The van der Waals surface area contributed by atoms with Gasteiger partial charge in [-0.05, 0) is 71.2 Å². The van der Waals surface area contributed by atoms with Crippen LogP contribution in [0.25, 0.3) is 22.2 Å². The van der Waals surface area contributed by atoms with E-state index in [0.717, 1.165) is 52.3 Å². The molecule has 4 aromatic rings. The summed E-state index contributed by atoms with van der Waals surface area (Å²) in [6.45, 7) is 8.13. The van der Waals surface area contributed by atoms with Crippen LogP contribution in [0.2, 0.25) is 0 Å². The third-order valence-electron chi connectivity index (χ3n) is 7.28. The highest BCUT2D eigenvalue weighted by Crippen LogP contribution is 2.31. The van der Waals surface area contributed by atoms with Crippen LogP contribution in [0.5, 0.6) is 5.75 Å². The molecule has 0 spiro atoms. The molecule has 0 radical (unpaired) electrons. The summed E-state index contributed by atoms with van der Waals surface area (Å²) in [5.41, 5.74) is 4.53. The van der Waals surface area contributed by atoms with Gasteiger partial charge in [0.2, 0.25) is 0 Å². The Balaban J connectivity index is 1.35. The number of benzene rings is 2. The third kappa shape index (κ3) is 6.47. The predicted octanol–water partition coefficient (Wildman–Crippen LogP) is 6.87. The van der Waals surface area contributed by atoms with Crippen molar-refractivity contribution in [2.24, 2.45) is 0 Å². The van der Waals surface area contributed by atoms with Gasteiger partial charge < -0.3 is 18.9 Å². The van der Waals surface area contributed by atoms with E-state index in [1.807, 2.05) is 63.6 Å². The number of nitrogens with zero attached hydrogens (tertiary/aromatic N) is 5. The second kappa shape index (κ2) is 11.4. The second-order valence-corrected chi connectivity index (χ2v) is 11.4. The summed E-state index contributed by atoms with van der Waals surface area (Å²) in [5.74, 6) is 1.87. The quantitative estimate of drug-likeness (QED) is 0.255. The number of ether oxygens (including phenoxy) is 2. The molecule has 10 heteroatoms. The number of aryl methyl sites for hydroxylation is 2. The smallest absolute Gasteiger partial charge is 0.410 e. The van der Waals surface area contributed by atoms with Crippen LogP contribution in [-0.2, 0) is 11.3 Å². The van der Waals surface area contributed by atoms with Crippen molar-refractivity contribution in [3.05, 3.63) is 71.6 Å². The molecule has 1 saturated heterocycles. The average Bonchev–Trinajstić information content (AvgIpc) is 3.22. The molecule has 0 bridgehead atoms. The van der Waals surface area contributed by atoms with Gasteiger partial charge in [0.15, 0.2) is 0 Å². The average molecular weight is 564 g/mol. The maximum absolute atomic E-state index is 13.0. The lowest BCUT2D eigenvalue weighted by molar-refractivity contribution is -0.0504. The largest absolute Gasteiger partial charge is 0.444 e. The van der Waals surface area contributed by atoms with E-state index in [0.29, 0.717) is 25.2 Å². The molecular weight excluding hydrogens is 528 g/mol. The molecule has 1 aliphatic rings. The Kier molecular flexibility index (Phi) is 7.93. The minimum absolute atomic E-state index is 0.150. The van der Waals surface area contributed by atoms with Crippen molar-refractivity contribution in [2.75, 3.05) is 13.1 Å². The van der Waals surface area contributed by atoms with Gasteiger partial charge in [-0.15, -0.1) is 0 Å². The highest BCUT2D eigenvalue weighted by molar-refractivity contribution is 5.83. The topological polar surface area (TPSA) is 82.4 Å². The summed E-state index contributed by atoms with van der Waals surface area (Å²) in [4.78, 5) is 28.4. The Morgan fingerprint density at radius 1 is 1.07 bits per heavy atom. The van der Waals surface area contributed by atoms with E-state index < -0.39 is 12.2 Å². The molecule has 2 aromatic heterocycles. The SMILES string of the molecule is Cc1nc(C2CCN(C(=O)OC(C)(C)C)CC2)ncc1-c1ccc2nc(C)n(Cc3ccccc3OC(F)F)c2c1. The lowest BCUT2D eigenvalue weighted by atomic mass is 9.95. The molecule has 1 aliphatic heterocycles. The number of imidazole rings is 1. The van der Waals surface area contributed by atoms with Crippen LogP contribution in [0.4, 0.5) is 13.6 Å². The van der Waals surface area contributed by atoms with Crippen molar-refractivity contribution >= 4 is 17.1 Å².